The largest absolute Gasteiger partial charge is 0.496 e. The summed E-state index contributed by atoms with van der Waals surface area (Å²) in [5, 5.41) is 8.96. The number of rotatable bonds is 5. The first-order valence-corrected chi connectivity index (χ1v) is 5.03. The van der Waals surface area contributed by atoms with Crippen molar-refractivity contribution < 1.29 is 14.6 Å². The Labute approximate surface area is 89.7 Å². The van der Waals surface area contributed by atoms with E-state index in [9.17, 15) is 4.79 Å². The molecule has 1 N–H and O–H groups in total. The van der Waals surface area contributed by atoms with Crippen LogP contribution in [0.15, 0.2) is 24.3 Å². The van der Waals surface area contributed by atoms with Crippen LogP contribution in [0.1, 0.15) is 18.9 Å². The fraction of sp³-hybridized carbons (Fsp3) is 0.417. The van der Waals surface area contributed by atoms with Crippen molar-refractivity contribution in [3.63, 3.8) is 0 Å². The average Bonchev–Trinajstić information content (AvgIpc) is 2.25. The van der Waals surface area contributed by atoms with Crippen molar-refractivity contribution >= 4 is 5.97 Å². The van der Waals surface area contributed by atoms with Crippen LogP contribution in [-0.4, -0.2) is 18.2 Å². The molecule has 0 radical (unpaired) electrons. The second-order valence-electron chi connectivity index (χ2n) is 3.46. The van der Waals surface area contributed by atoms with Crippen LogP contribution in [0.5, 0.6) is 5.75 Å². The van der Waals surface area contributed by atoms with Crippen LogP contribution in [0, 0.1) is 5.92 Å². The summed E-state index contributed by atoms with van der Waals surface area (Å²) in [5.74, 6) is -0.318. The van der Waals surface area contributed by atoms with Crippen LogP contribution in [-0.2, 0) is 11.2 Å². The van der Waals surface area contributed by atoms with Crippen molar-refractivity contribution in [2.45, 2.75) is 19.8 Å². The van der Waals surface area contributed by atoms with Crippen molar-refractivity contribution in [1.82, 2.24) is 0 Å². The number of aliphatic carboxylic acids is 1. The van der Waals surface area contributed by atoms with E-state index in [-0.39, 0.29) is 5.92 Å². The Morgan fingerprint density at radius 3 is 2.67 bits per heavy atom. The van der Waals surface area contributed by atoms with E-state index < -0.39 is 5.97 Å². The van der Waals surface area contributed by atoms with Crippen LogP contribution < -0.4 is 4.74 Å². The molecule has 0 heterocycles. The number of carbonyl (C=O) groups is 1. The molecule has 0 aliphatic carbocycles. The summed E-state index contributed by atoms with van der Waals surface area (Å²) in [6.07, 6.45) is 1.16. The van der Waals surface area contributed by atoms with Gasteiger partial charge in [-0.3, -0.25) is 4.79 Å². The molecule has 82 valence electrons. The minimum atomic E-state index is -0.747. The highest BCUT2D eigenvalue weighted by molar-refractivity contribution is 5.70. The molecule has 0 fully saturated rings. The van der Waals surface area contributed by atoms with Crippen molar-refractivity contribution in [1.29, 1.82) is 0 Å². The first kappa shape index (κ1) is 11.6. The van der Waals surface area contributed by atoms with Gasteiger partial charge in [-0.05, 0) is 24.5 Å². The third-order valence-electron chi connectivity index (χ3n) is 2.50. The molecule has 15 heavy (non-hydrogen) atoms. The van der Waals surface area contributed by atoms with Crippen molar-refractivity contribution in [2.24, 2.45) is 5.92 Å². The molecule has 1 aromatic rings. The van der Waals surface area contributed by atoms with E-state index in [2.05, 4.69) is 0 Å². The van der Waals surface area contributed by atoms with E-state index in [0.717, 1.165) is 11.3 Å². The molecule has 0 aliphatic rings. The maximum absolute atomic E-state index is 10.9. The van der Waals surface area contributed by atoms with Crippen LogP contribution in [0.25, 0.3) is 0 Å². The molecule has 0 spiro atoms. The Morgan fingerprint density at radius 1 is 1.47 bits per heavy atom. The number of para-hydroxylation sites is 1. The van der Waals surface area contributed by atoms with Gasteiger partial charge < -0.3 is 9.84 Å². The molecular weight excluding hydrogens is 192 g/mol. The molecule has 0 saturated heterocycles. The molecule has 1 rings (SSSR count). The molecule has 1 unspecified atom stereocenters. The van der Waals surface area contributed by atoms with Crippen molar-refractivity contribution in [3.8, 4) is 5.75 Å². The quantitative estimate of drug-likeness (QED) is 0.807. The molecule has 3 heteroatoms. The fourth-order valence-electron chi connectivity index (χ4n) is 1.54. The zero-order chi connectivity index (χ0) is 11.3. The first-order chi connectivity index (χ1) is 7.19. The molecule has 3 nitrogen and oxygen atoms in total. The van der Waals surface area contributed by atoms with Gasteiger partial charge in [-0.15, -0.1) is 0 Å². The topological polar surface area (TPSA) is 46.5 Å². The van der Waals surface area contributed by atoms with Crippen LogP contribution in [0.3, 0.4) is 0 Å². The summed E-state index contributed by atoms with van der Waals surface area (Å²) in [7, 11) is 1.60. The van der Waals surface area contributed by atoms with E-state index in [1.165, 1.54) is 0 Å². The van der Waals surface area contributed by atoms with Gasteiger partial charge in [-0.25, -0.2) is 0 Å². The Balaban J connectivity index is 2.82. The first-order valence-electron chi connectivity index (χ1n) is 5.03. The number of carboxylic acids is 1. The lowest BCUT2D eigenvalue weighted by atomic mass is 9.96. The normalized spacial score (nSPS) is 12.1. The van der Waals surface area contributed by atoms with Gasteiger partial charge in [0.1, 0.15) is 5.75 Å². The minimum absolute atomic E-state index is 0.332. The average molecular weight is 208 g/mol. The highest BCUT2D eigenvalue weighted by Crippen LogP contribution is 2.22. The lowest BCUT2D eigenvalue weighted by molar-refractivity contribution is -0.141. The van der Waals surface area contributed by atoms with Gasteiger partial charge >= 0.3 is 5.97 Å². The summed E-state index contributed by atoms with van der Waals surface area (Å²) >= 11 is 0. The minimum Gasteiger partial charge on any atom is -0.496 e. The fourth-order valence-corrected chi connectivity index (χ4v) is 1.54. The Bertz CT molecular complexity index is 333. The lowest BCUT2D eigenvalue weighted by Gasteiger charge is -2.12. The molecule has 1 atom stereocenters. The van der Waals surface area contributed by atoms with E-state index in [4.69, 9.17) is 9.84 Å². The van der Waals surface area contributed by atoms with E-state index in [1.54, 1.807) is 7.11 Å². The van der Waals surface area contributed by atoms with Crippen LogP contribution in [0.2, 0.25) is 0 Å². The van der Waals surface area contributed by atoms with Crippen molar-refractivity contribution in [2.75, 3.05) is 7.11 Å². The van der Waals surface area contributed by atoms with Gasteiger partial charge in [0.05, 0.1) is 13.0 Å². The molecular formula is C12H16O3. The molecule has 0 amide bonds. The van der Waals surface area contributed by atoms with Gasteiger partial charge in [-0.2, -0.15) is 0 Å². The molecule has 0 saturated carbocycles. The van der Waals surface area contributed by atoms with Crippen LogP contribution in [0.4, 0.5) is 0 Å². The number of hydrogen-bond donors (Lipinski definition) is 1. The van der Waals surface area contributed by atoms with Crippen molar-refractivity contribution in [3.05, 3.63) is 29.8 Å². The maximum Gasteiger partial charge on any atom is 0.306 e. The van der Waals surface area contributed by atoms with Gasteiger partial charge in [0, 0.05) is 0 Å². The van der Waals surface area contributed by atoms with Gasteiger partial charge in [-0.1, -0.05) is 25.1 Å². The summed E-state index contributed by atoms with van der Waals surface area (Å²) in [6.45, 7) is 1.88. The van der Waals surface area contributed by atoms with Gasteiger partial charge in [0.2, 0.25) is 0 Å². The zero-order valence-corrected chi connectivity index (χ0v) is 9.06. The van der Waals surface area contributed by atoms with Gasteiger partial charge in [0.25, 0.3) is 0 Å². The summed E-state index contributed by atoms with van der Waals surface area (Å²) in [4.78, 5) is 10.9. The number of carboxylic acid groups (broad SMARTS) is 1. The Morgan fingerprint density at radius 2 is 2.13 bits per heavy atom. The van der Waals surface area contributed by atoms with E-state index >= 15 is 0 Å². The number of hydrogen-bond acceptors (Lipinski definition) is 2. The maximum atomic E-state index is 10.9. The van der Waals surface area contributed by atoms with E-state index in [0.29, 0.717) is 12.8 Å². The number of benzene rings is 1. The predicted molar refractivity (Wildman–Crippen MR) is 58.1 cm³/mol. The predicted octanol–water partition coefficient (Wildman–Crippen LogP) is 2.35. The molecule has 0 aliphatic heterocycles. The molecule has 0 aromatic heterocycles. The standard InChI is InChI=1S/C12H16O3/c1-3-9(12(13)14)8-10-6-4-5-7-11(10)15-2/h4-7,9H,3,8H2,1-2H3,(H,13,14). The highest BCUT2D eigenvalue weighted by Gasteiger charge is 2.17. The summed E-state index contributed by atoms with van der Waals surface area (Å²) in [5.41, 5.74) is 0.953. The van der Waals surface area contributed by atoms with E-state index in [1.807, 2.05) is 31.2 Å². The second-order valence-corrected chi connectivity index (χ2v) is 3.46. The van der Waals surface area contributed by atoms with Crippen LogP contribution >= 0.6 is 0 Å². The Hall–Kier alpha value is -1.51. The zero-order valence-electron chi connectivity index (χ0n) is 9.06. The number of ether oxygens (including phenoxy) is 1. The number of methoxy groups -OCH3 is 1. The molecule has 1 aromatic carbocycles. The smallest absolute Gasteiger partial charge is 0.306 e. The second kappa shape index (κ2) is 5.39. The van der Waals surface area contributed by atoms with Gasteiger partial charge in [0.15, 0.2) is 0 Å². The molecule has 0 bridgehead atoms. The monoisotopic (exact) mass is 208 g/mol. The third kappa shape index (κ3) is 2.98. The summed E-state index contributed by atoms with van der Waals surface area (Å²) < 4.78 is 5.18. The lowest BCUT2D eigenvalue weighted by Crippen LogP contribution is -2.15. The SMILES string of the molecule is CCC(Cc1ccccc1OC)C(=O)O. The Kier molecular flexibility index (Phi) is 4.16. The summed E-state index contributed by atoms with van der Waals surface area (Å²) in [6, 6.07) is 7.53. The third-order valence-corrected chi connectivity index (χ3v) is 2.50. The highest BCUT2D eigenvalue weighted by atomic mass is 16.5.